The van der Waals surface area contributed by atoms with Crippen molar-refractivity contribution in [3.05, 3.63) is 23.8 Å². The molecule has 0 fully saturated rings. The maximum Gasteiger partial charge on any atom is 0.316 e. The van der Waals surface area contributed by atoms with Crippen LogP contribution in [-0.4, -0.2) is 48.7 Å². The van der Waals surface area contributed by atoms with Crippen molar-refractivity contribution >= 4 is 40.1 Å². The van der Waals surface area contributed by atoms with Crippen molar-refractivity contribution in [3.8, 4) is 11.5 Å². The molecule has 0 aliphatic heterocycles. The first-order valence-electron chi connectivity index (χ1n) is 7.22. The molecule has 0 saturated carbocycles. The fourth-order valence-electron chi connectivity index (χ4n) is 1.79. The van der Waals surface area contributed by atoms with Gasteiger partial charge >= 0.3 is 5.97 Å². The lowest BCUT2D eigenvalue weighted by atomic mass is 10.2. The zero-order valence-corrected chi connectivity index (χ0v) is 15.5. The Kier molecular flexibility index (Phi) is 7.02. The molecule has 1 aromatic heterocycles. The third-order valence-electron chi connectivity index (χ3n) is 2.89. The lowest BCUT2D eigenvalue weighted by Gasteiger charge is -2.08. The Balaban J connectivity index is 1.98. The molecule has 2 rings (SSSR count). The molecule has 1 heterocycles. The van der Waals surface area contributed by atoms with Gasteiger partial charge in [-0.2, -0.15) is 0 Å². The summed E-state index contributed by atoms with van der Waals surface area (Å²) in [7, 11) is 3.02. The van der Waals surface area contributed by atoms with Crippen LogP contribution in [0.5, 0.6) is 11.5 Å². The summed E-state index contributed by atoms with van der Waals surface area (Å²) in [5.74, 6) is 0.468. The van der Waals surface area contributed by atoms with E-state index in [4.69, 9.17) is 14.2 Å². The highest BCUT2D eigenvalue weighted by atomic mass is 32.2. The van der Waals surface area contributed by atoms with Gasteiger partial charge in [-0.05, 0) is 25.1 Å². The molecular weight excluding hydrogens is 366 g/mol. The van der Waals surface area contributed by atoms with E-state index in [9.17, 15) is 9.59 Å². The number of amides is 1. The molecule has 10 heteroatoms. The Bertz CT molecular complexity index is 751. The van der Waals surface area contributed by atoms with Crippen LogP contribution in [0.3, 0.4) is 0 Å². The number of thioether (sulfide) groups is 1. The molecule has 0 saturated heterocycles. The third-order valence-corrected chi connectivity index (χ3v) is 4.84. The number of hydrogen-bond acceptors (Lipinski definition) is 9. The molecule has 0 radical (unpaired) electrons. The Morgan fingerprint density at radius 3 is 2.64 bits per heavy atom. The summed E-state index contributed by atoms with van der Waals surface area (Å²) >= 11 is 2.38. The van der Waals surface area contributed by atoms with Gasteiger partial charge in [0, 0.05) is 5.56 Å². The van der Waals surface area contributed by atoms with Crippen LogP contribution < -0.4 is 14.8 Å². The van der Waals surface area contributed by atoms with E-state index < -0.39 is 0 Å². The second-order valence-corrected chi connectivity index (χ2v) is 6.69. The fraction of sp³-hybridized carbons (Fsp3) is 0.333. The third kappa shape index (κ3) is 5.33. The van der Waals surface area contributed by atoms with Crippen LogP contribution >= 0.6 is 23.1 Å². The monoisotopic (exact) mass is 383 g/mol. The Hall–Kier alpha value is -2.33. The molecule has 1 amide bonds. The number of benzene rings is 1. The molecule has 0 aliphatic carbocycles. The Morgan fingerprint density at radius 2 is 1.96 bits per heavy atom. The minimum atomic E-state index is -0.348. The normalized spacial score (nSPS) is 10.2. The average Bonchev–Trinajstić information content (AvgIpc) is 3.07. The van der Waals surface area contributed by atoms with Gasteiger partial charge in [-0.25, -0.2) is 0 Å². The molecule has 0 unspecified atom stereocenters. The lowest BCUT2D eigenvalue weighted by molar-refractivity contribution is -0.139. The van der Waals surface area contributed by atoms with Gasteiger partial charge < -0.3 is 14.2 Å². The average molecular weight is 383 g/mol. The number of nitrogens with one attached hydrogen (secondary N) is 1. The number of rotatable bonds is 8. The van der Waals surface area contributed by atoms with Crippen LogP contribution in [-0.2, 0) is 9.53 Å². The predicted octanol–water partition coefficient (Wildman–Crippen LogP) is 2.46. The first-order valence-corrected chi connectivity index (χ1v) is 9.02. The smallest absolute Gasteiger partial charge is 0.316 e. The van der Waals surface area contributed by atoms with Crippen molar-refractivity contribution in [3.63, 3.8) is 0 Å². The summed E-state index contributed by atoms with van der Waals surface area (Å²) in [5, 5.41) is 10.8. The van der Waals surface area contributed by atoms with Crippen LogP contribution in [0.25, 0.3) is 0 Å². The molecule has 0 spiro atoms. The lowest BCUT2D eigenvalue weighted by Crippen LogP contribution is -2.11. The first kappa shape index (κ1) is 19.0. The topological polar surface area (TPSA) is 99.6 Å². The first-order chi connectivity index (χ1) is 12.1. The van der Waals surface area contributed by atoms with Crippen molar-refractivity contribution in [2.75, 3.05) is 31.9 Å². The number of methoxy groups -OCH3 is 2. The molecule has 8 nitrogen and oxygen atoms in total. The second kappa shape index (κ2) is 9.23. The van der Waals surface area contributed by atoms with Crippen molar-refractivity contribution in [2.24, 2.45) is 0 Å². The highest BCUT2D eigenvalue weighted by molar-refractivity contribution is 8.01. The van der Waals surface area contributed by atoms with Gasteiger partial charge in [0.05, 0.1) is 26.6 Å². The van der Waals surface area contributed by atoms with E-state index >= 15 is 0 Å². The molecule has 0 bridgehead atoms. The van der Waals surface area contributed by atoms with E-state index in [-0.39, 0.29) is 17.6 Å². The minimum Gasteiger partial charge on any atom is -0.493 e. The van der Waals surface area contributed by atoms with Gasteiger partial charge in [0.25, 0.3) is 5.91 Å². The van der Waals surface area contributed by atoms with E-state index in [1.165, 1.54) is 37.3 Å². The SMILES string of the molecule is CCOC(=O)CSc1nnc(NC(=O)c2ccc(OC)c(OC)c2)s1. The molecule has 25 heavy (non-hydrogen) atoms. The molecule has 1 N–H and O–H groups in total. The van der Waals surface area contributed by atoms with E-state index in [1.54, 1.807) is 25.1 Å². The number of esters is 1. The number of nitrogens with zero attached hydrogens (tertiary/aromatic N) is 2. The van der Waals surface area contributed by atoms with Crippen LogP contribution in [0.2, 0.25) is 0 Å². The zero-order valence-electron chi connectivity index (χ0n) is 13.9. The van der Waals surface area contributed by atoms with E-state index in [0.717, 1.165) is 0 Å². The maximum absolute atomic E-state index is 12.3. The zero-order chi connectivity index (χ0) is 18.2. The number of anilines is 1. The van der Waals surface area contributed by atoms with Crippen LogP contribution in [0.15, 0.2) is 22.5 Å². The summed E-state index contributed by atoms with van der Waals surface area (Å²) in [6.45, 7) is 2.08. The molecule has 0 atom stereocenters. The standard InChI is InChI=1S/C15H17N3O5S2/c1-4-23-12(19)8-24-15-18-17-14(25-15)16-13(20)9-5-6-10(21-2)11(7-9)22-3/h5-7H,4,8H2,1-3H3,(H,16,17,20). The van der Waals surface area contributed by atoms with Gasteiger partial charge in [-0.15, -0.1) is 10.2 Å². The number of carbonyl (C=O) groups is 2. The van der Waals surface area contributed by atoms with Crippen molar-refractivity contribution in [1.29, 1.82) is 0 Å². The number of ether oxygens (including phenoxy) is 3. The van der Waals surface area contributed by atoms with Gasteiger partial charge in [-0.1, -0.05) is 23.1 Å². The van der Waals surface area contributed by atoms with E-state index in [0.29, 0.717) is 33.1 Å². The highest BCUT2D eigenvalue weighted by Gasteiger charge is 2.14. The minimum absolute atomic E-state index is 0.145. The second-order valence-electron chi connectivity index (χ2n) is 4.49. The summed E-state index contributed by atoms with van der Waals surface area (Å²) in [6, 6.07) is 4.84. The highest BCUT2D eigenvalue weighted by Crippen LogP contribution is 2.29. The largest absolute Gasteiger partial charge is 0.493 e. The Labute approximate surface area is 152 Å². The van der Waals surface area contributed by atoms with Crippen LogP contribution in [0, 0.1) is 0 Å². The summed E-state index contributed by atoms with van der Waals surface area (Å²) in [6.07, 6.45) is 0. The summed E-state index contributed by atoms with van der Waals surface area (Å²) in [5.41, 5.74) is 0.397. The molecule has 134 valence electrons. The number of aromatic nitrogens is 2. The number of carbonyl (C=O) groups excluding carboxylic acids is 2. The molecular formula is C15H17N3O5S2. The Morgan fingerprint density at radius 1 is 1.20 bits per heavy atom. The van der Waals surface area contributed by atoms with Crippen molar-refractivity contribution in [2.45, 2.75) is 11.3 Å². The van der Waals surface area contributed by atoms with Gasteiger partial charge in [-0.3, -0.25) is 14.9 Å². The molecule has 1 aromatic carbocycles. The van der Waals surface area contributed by atoms with E-state index in [1.807, 2.05) is 0 Å². The number of hydrogen-bond donors (Lipinski definition) is 1. The molecule has 2 aromatic rings. The van der Waals surface area contributed by atoms with Crippen LogP contribution in [0.1, 0.15) is 17.3 Å². The van der Waals surface area contributed by atoms with Gasteiger partial charge in [0.2, 0.25) is 5.13 Å². The molecule has 0 aliphatic rings. The maximum atomic E-state index is 12.3. The van der Waals surface area contributed by atoms with Gasteiger partial charge in [0.15, 0.2) is 15.8 Å². The summed E-state index contributed by atoms with van der Waals surface area (Å²) < 4.78 is 15.7. The fourth-order valence-corrected chi connectivity index (χ4v) is 3.33. The predicted molar refractivity (Wildman–Crippen MR) is 94.8 cm³/mol. The van der Waals surface area contributed by atoms with Gasteiger partial charge in [0.1, 0.15) is 0 Å². The van der Waals surface area contributed by atoms with Crippen molar-refractivity contribution < 1.29 is 23.8 Å². The summed E-state index contributed by atoms with van der Waals surface area (Å²) in [4.78, 5) is 23.6. The van der Waals surface area contributed by atoms with Crippen LogP contribution in [0.4, 0.5) is 5.13 Å². The van der Waals surface area contributed by atoms with Crippen molar-refractivity contribution in [1.82, 2.24) is 10.2 Å². The quantitative estimate of drug-likeness (QED) is 0.422. The van der Waals surface area contributed by atoms with E-state index in [2.05, 4.69) is 15.5 Å².